The van der Waals surface area contributed by atoms with E-state index in [4.69, 9.17) is 9.47 Å². The monoisotopic (exact) mass is 458 g/mol. The topological polar surface area (TPSA) is 79.6 Å². The van der Waals surface area contributed by atoms with E-state index in [0.717, 1.165) is 28.5 Å². The third kappa shape index (κ3) is 4.86. The quantitative estimate of drug-likeness (QED) is 0.480. The lowest BCUT2D eigenvalue weighted by molar-refractivity contribution is -0.117. The van der Waals surface area contributed by atoms with Crippen LogP contribution in [0.25, 0.3) is 0 Å². The molecule has 1 atom stereocenters. The van der Waals surface area contributed by atoms with Gasteiger partial charge in [-0.05, 0) is 49.2 Å². The lowest BCUT2D eigenvalue weighted by Gasteiger charge is -2.15. The maximum Gasteiger partial charge on any atom is 0.293 e. The molecule has 0 saturated carbocycles. The van der Waals surface area contributed by atoms with Crippen LogP contribution in [0.2, 0.25) is 0 Å². The number of ether oxygens (including phenoxy) is 2. The van der Waals surface area contributed by atoms with Crippen LogP contribution >= 0.6 is 11.8 Å². The van der Waals surface area contributed by atoms with Gasteiger partial charge in [-0.2, -0.15) is 5.26 Å². The first-order valence-corrected chi connectivity index (χ1v) is 11.3. The Morgan fingerprint density at radius 3 is 2.52 bits per heavy atom. The van der Waals surface area contributed by atoms with Gasteiger partial charge in [-0.1, -0.05) is 53.7 Å². The van der Waals surface area contributed by atoms with Gasteiger partial charge in [0.15, 0.2) is 11.5 Å². The molecular weight excluding hydrogens is 436 g/mol. The van der Waals surface area contributed by atoms with E-state index in [-0.39, 0.29) is 17.8 Å². The maximum atomic E-state index is 12.9. The SMILES string of the molecule is COc1cc(C[C@@H]2SC(=O)N(c3ccc(C)cc3)C2=O)ccc1OCc1ccccc1C#N. The number of nitrogens with zero attached hydrogens (tertiary/aromatic N) is 2. The highest BCUT2D eigenvalue weighted by Crippen LogP contribution is 2.35. The van der Waals surface area contributed by atoms with Gasteiger partial charge in [0.05, 0.1) is 29.7 Å². The number of imide groups is 1. The van der Waals surface area contributed by atoms with E-state index in [1.54, 1.807) is 31.4 Å². The average molecular weight is 459 g/mol. The Bertz CT molecular complexity index is 1230. The zero-order chi connectivity index (χ0) is 23.4. The van der Waals surface area contributed by atoms with Gasteiger partial charge < -0.3 is 9.47 Å². The molecule has 4 rings (SSSR count). The van der Waals surface area contributed by atoms with Crippen molar-refractivity contribution in [2.24, 2.45) is 0 Å². The fourth-order valence-corrected chi connectivity index (χ4v) is 4.62. The Kier molecular flexibility index (Phi) is 6.66. The third-order valence-electron chi connectivity index (χ3n) is 5.38. The molecular formula is C26H22N2O4S. The van der Waals surface area contributed by atoms with Crippen molar-refractivity contribution in [2.45, 2.75) is 25.2 Å². The van der Waals surface area contributed by atoms with Crippen molar-refractivity contribution in [1.29, 1.82) is 5.26 Å². The van der Waals surface area contributed by atoms with Gasteiger partial charge in [0.25, 0.3) is 5.24 Å². The second kappa shape index (κ2) is 9.80. The molecule has 1 aliphatic heterocycles. The lowest BCUT2D eigenvalue weighted by Crippen LogP contribution is -2.32. The van der Waals surface area contributed by atoms with Crippen molar-refractivity contribution in [2.75, 3.05) is 12.0 Å². The van der Waals surface area contributed by atoms with Crippen molar-refractivity contribution in [3.05, 3.63) is 89.0 Å². The van der Waals surface area contributed by atoms with Crippen LogP contribution < -0.4 is 14.4 Å². The van der Waals surface area contributed by atoms with E-state index in [0.29, 0.717) is 29.2 Å². The minimum atomic E-state index is -0.502. The molecule has 1 heterocycles. The summed E-state index contributed by atoms with van der Waals surface area (Å²) in [5.41, 5.74) is 3.86. The molecule has 0 unspecified atom stereocenters. The van der Waals surface area contributed by atoms with Crippen LogP contribution in [0.15, 0.2) is 66.7 Å². The summed E-state index contributed by atoms with van der Waals surface area (Å²) in [5.74, 6) is 0.845. The molecule has 1 saturated heterocycles. The molecule has 0 bridgehead atoms. The number of nitriles is 1. The highest BCUT2D eigenvalue weighted by Gasteiger charge is 2.40. The molecule has 0 spiro atoms. The number of anilines is 1. The second-order valence-corrected chi connectivity index (χ2v) is 8.78. The fourth-order valence-electron chi connectivity index (χ4n) is 3.60. The summed E-state index contributed by atoms with van der Waals surface area (Å²) in [5, 5.41) is 8.48. The molecule has 3 aromatic carbocycles. The summed E-state index contributed by atoms with van der Waals surface area (Å²) in [6, 6.07) is 22.2. The molecule has 166 valence electrons. The Balaban J connectivity index is 1.47. The van der Waals surface area contributed by atoms with Crippen LogP contribution in [0.4, 0.5) is 10.5 Å². The predicted octanol–water partition coefficient (Wildman–Crippen LogP) is 5.27. The van der Waals surface area contributed by atoms with Crippen molar-refractivity contribution in [1.82, 2.24) is 0 Å². The summed E-state index contributed by atoms with van der Waals surface area (Å²) in [7, 11) is 1.55. The molecule has 0 aromatic heterocycles. The molecule has 0 radical (unpaired) electrons. The normalized spacial score (nSPS) is 15.4. The first-order valence-electron chi connectivity index (χ1n) is 10.4. The van der Waals surface area contributed by atoms with Crippen molar-refractivity contribution < 1.29 is 19.1 Å². The van der Waals surface area contributed by atoms with Gasteiger partial charge in [-0.25, -0.2) is 4.90 Å². The van der Waals surface area contributed by atoms with Gasteiger partial charge in [-0.3, -0.25) is 9.59 Å². The van der Waals surface area contributed by atoms with Crippen molar-refractivity contribution in [3.8, 4) is 17.6 Å². The Morgan fingerprint density at radius 1 is 1.03 bits per heavy atom. The number of hydrogen-bond donors (Lipinski definition) is 0. The van der Waals surface area contributed by atoms with E-state index in [2.05, 4.69) is 6.07 Å². The van der Waals surface area contributed by atoms with Crippen LogP contribution in [0, 0.1) is 18.3 Å². The minimum Gasteiger partial charge on any atom is -0.493 e. The number of hydrogen-bond acceptors (Lipinski definition) is 6. The summed E-state index contributed by atoms with van der Waals surface area (Å²) in [6.45, 7) is 2.19. The van der Waals surface area contributed by atoms with Crippen LogP contribution in [-0.4, -0.2) is 23.5 Å². The van der Waals surface area contributed by atoms with Gasteiger partial charge in [0.2, 0.25) is 5.91 Å². The zero-order valence-electron chi connectivity index (χ0n) is 18.3. The molecule has 33 heavy (non-hydrogen) atoms. The van der Waals surface area contributed by atoms with Crippen LogP contribution in [-0.2, 0) is 17.8 Å². The Hall–Kier alpha value is -3.76. The Morgan fingerprint density at radius 2 is 1.79 bits per heavy atom. The first kappa shape index (κ1) is 22.4. The molecule has 3 aromatic rings. The number of benzene rings is 3. The number of thioether (sulfide) groups is 1. The number of carbonyl (C=O) groups is 2. The number of aryl methyl sites for hydroxylation is 1. The van der Waals surface area contributed by atoms with Gasteiger partial charge in [-0.15, -0.1) is 0 Å². The number of carbonyl (C=O) groups excluding carboxylic acids is 2. The van der Waals surface area contributed by atoms with E-state index < -0.39 is 5.25 Å². The minimum absolute atomic E-state index is 0.221. The van der Waals surface area contributed by atoms with Crippen LogP contribution in [0.1, 0.15) is 22.3 Å². The predicted molar refractivity (Wildman–Crippen MR) is 128 cm³/mol. The van der Waals surface area contributed by atoms with E-state index >= 15 is 0 Å². The smallest absolute Gasteiger partial charge is 0.293 e. The maximum absolute atomic E-state index is 12.9. The van der Waals surface area contributed by atoms with E-state index in [9.17, 15) is 14.9 Å². The second-order valence-electron chi connectivity index (χ2n) is 7.63. The first-order chi connectivity index (χ1) is 16.0. The Labute approximate surface area is 196 Å². The number of methoxy groups -OCH3 is 1. The van der Waals surface area contributed by atoms with Crippen LogP contribution in [0.3, 0.4) is 0 Å². The van der Waals surface area contributed by atoms with Crippen LogP contribution in [0.5, 0.6) is 11.5 Å². The standard InChI is InChI=1S/C26H22N2O4S/c1-17-7-10-21(11-8-17)28-25(29)24(33-26(28)30)14-18-9-12-22(23(13-18)31-2)32-16-20-6-4-3-5-19(20)15-27/h3-13,24H,14,16H2,1-2H3/t24-/m0/s1. The largest absolute Gasteiger partial charge is 0.493 e. The summed E-state index contributed by atoms with van der Waals surface area (Å²) < 4.78 is 11.4. The molecule has 2 amide bonds. The third-order valence-corrected chi connectivity index (χ3v) is 6.42. The molecule has 1 aliphatic rings. The molecule has 6 nitrogen and oxygen atoms in total. The highest BCUT2D eigenvalue weighted by atomic mass is 32.2. The molecule has 7 heteroatoms. The summed E-state index contributed by atoms with van der Waals surface area (Å²) in [6.07, 6.45) is 0.394. The van der Waals surface area contributed by atoms with E-state index in [1.807, 2.05) is 49.4 Å². The van der Waals surface area contributed by atoms with Gasteiger partial charge in [0.1, 0.15) is 6.61 Å². The molecule has 0 N–H and O–H groups in total. The van der Waals surface area contributed by atoms with Crippen molar-refractivity contribution in [3.63, 3.8) is 0 Å². The van der Waals surface area contributed by atoms with Crippen molar-refractivity contribution >= 4 is 28.6 Å². The summed E-state index contributed by atoms with van der Waals surface area (Å²) in [4.78, 5) is 26.7. The number of rotatable bonds is 7. The number of amides is 2. The fraction of sp³-hybridized carbons (Fsp3) is 0.192. The highest BCUT2D eigenvalue weighted by molar-refractivity contribution is 8.15. The van der Waals surface area contributed by atoms with Gasteiger partial charge >= 0.3 is 0 Å². The van der Waals surface area contributed by atoms with E-state index in [1.165, 1.54) is 4.90 Å². The van der Waals surface area contributed by atoms with Gasteiger partial charge in [0, 0.05) is 5.56 Å². The lowest BCUT2D eigenvalue weighted by atomic mass is 10.1. The summed E-state index contributed by atoms with van der Waals surface area (Å²) >= 11 is 1.04. The molecule has 0 aliphatic carbocycles. The zero-order valence-corrected chi connectivity index (χ0v) is 19.1. The molecule has 1 fully saturated rings. The average Bonchev–Trinajstić information content (AvgIpc) is 3.11.